The molecule has 0 aliphatic rings. The quantitative estimate of drug-likeness (QED) is 0.301. The summed E-state index contributed by atoms with van der Waals surface area (Å²) in [6, 6.07) is 23.6. The van der Waals surface area contributed by atoms with E-state index < -0.39 is 0 Å². The highest BCUT2D eigenvalue weighted by molar-refractivity contribution is 6.04. The van der Waals surface area contributed by atoms with Gasteiger partial charge in [0.05, 0.1) is 0 Å². The molecular formula is C20H12. The lowest BCUT2D eigenvalue weighted by Gasteiger charge is -2.05. The lowest BCUT2D eigenvalue weighted by molar-refractivity contribution is 1.72. The van der Waals surface area contributed by atoms with Gasteiger partial charge in [0.2, 0.25) is 0 Å². The number of fused-ring (bicyclic) bond motifs is 3. The van der Waals surface area contributed by atoms with Crippen molar-refractivity contribution in [3.05, 3.63) is 72.3 Å². The number of terminal acetylenes is 1. The highest BCUT2D eigenvalue weighted by Crippen LogP contribution is 2.27. The van der Waals surface area contributed by atoms with Crippen molar-refractivity contribution in [2.45, 2.75) is 0 Å². The van der Waals surface area contributed by atoms with Gasteiger partial charge >= 0.3 is 0 Å². The Morgan fingerprint density at radius 3 is 1.65 bits per heavy atom. The van der Waals surface area contributed by atoms with E-state index in [2.05, 4.69) is 66.6 Å². The van der Waals surface area contributed by atoms with Crippen molar-refractivity contribution in [1.29, 1.82) is 0 Å². The Labute approximate surface area is 117 Å². The van der Waals surface area contributed by atoms with Crippen LogP contribution in [-0.2, 0) is 0 Å². The Morgan fingerprint density at radius 1 is 0.550 bits per heavy atom. The van der Waals surface area contributed by atoms with Gasteiger partial charge in [-0.15, -0.1) is 6.42 Å². The molecule has 0 unspecified atom stereocenters. The first kappa shape index (κ1) is 11.1. The van der Waals surface area contributed by atoms with Crippen LogP contribution in [0.2, 0.25) is 0 Å². The molecule has 0 amide bonds. The van der Waals surface area contributed by atoms with Gasteiger partial charge in [0, 0.05) is 5.56 Å². The highest BCUT2D eigenvalue weighted by atomic mass is 14.1. The highest BCUT2D eigenvalue weighted by Gasteiger charge is 2.01. The fourth-order valence-electron chi connectivity index (χ4n) is 2.78. The van der Waals surface area contributed by atoms with Gasteiger partial charge in [-0.05, 0) is 68.7 Å². The Balaban J connectivity index is 2.13. The third kappa shape index (κ3) is 1.65. The van der Waals surface area contributed by atoms with Crippen LogP contribution in [-0.4, -0.2) is 0 Å². The monoisotopic (exact) mass is 252 g/mol. The number of benzene rings is 4. The predicted molar refractivity (Wildman–Crippen MR) is 86.9 cm³/mol. The molecule has 20 heavy (non-hydrogen) atoms. The lowest BCUT2D eigenvalue weighted by atomic mass is 9.99. The van der Waals surface area contributed by atoms with Crippen LogP contribution in [0.25, 0.3) is 32.3 Å². The Hall–Kier alpha value is -2.78. The summed E-state index contributed by atoms with van der Waals surface area (Å²) < 4.78 is 0. The van der Waals surface area contributed by atoms with Crippen LogP contribution in [0, 0.1) is 12.3 Å². The van der Waals surface area contributed by atoms with Gasteiger partial charge in [-0.3, -0.25) is 0 Å². The molecule has 0 heterocycles. The first-order chi connectivity index (χ1) is 9.83. The summed E-state index contributed by atoms with van der Waals surface area (Å²) >= 11 is 0. The molecule has 0 aliphatic heterocycles. The molecule has 0 nitrogen and oxygen atoms in total. The number of hydrogen-bond acceptors (Lipinski definition) is 0. The van der Waals surface area contributed by atoms with Gasteiger partial charge in [0.1, 0.15) is 0 Å². The van der Waals surface area contributed by atoms with E-state index in [1.165, 1.54) is 32.3 Å². The topological polar surface area (TPSA) is 0 Å². The second-order valence-corrected chi connectivity index (χ2v) is 5.10. The van der Waals surface area contributed by atoms with Crippen molar-refractivity contribution >= 4 is 32.3 Å². The zero-order valence-corrected chi connectivity index (χ0v) is 10.9. The molecule has 0 aliphatic carbocycles. The van der Waals surface area contributed by atoms with Crippen LogP contribution in [0.5, 0.6) is 0 Å². The zero-order chi connectivity index (χ0) is 13.5. The van der Waals surface area contributed by atoms with Gasteiger partial charge < -0.3 is 0 Å². The fraction of sp³-hybridized carbons (Fsp3) is 0. The summed E-state index contributed by atoms with van der Waals surface area (Å²) in [6.45, 7) is 0. The largest absolute Gasteiger partial charge is 0.115 e. The molecule has 92 valence electrons. The lowest BCUT2D eigenvalue weighted by Crippen LogP contribution is -1.80. The van der Waals surface area contributed by atoms with Gasteiger partial charge in [-0.1, -0.05) is 36.3 Å². The van der Waals surface area contributed by atoms with E-state index >= 15 is 0 Å². The summed E-state index contributed by atoms with van der Waals surface area (Å²) in [4.78, 5) is 0. The molecule has 4 aromatic carbocycles. The average Bonchev–Trinajstić information content (AvgIpc) is 2.50. The van der Waals surface area contributed by atoms with Gasteiger partial charge in [-0.25, -0.2) is 0 Å². The van der Waals surface area contributed by atoms with Crippen molar-refractivity contribution in [2.75, 3.05) is 0 Å². The summed E-state index contributed by atoms with van der Waals surface area (Å²) in [6.07, 6.45) is 5.48. The summed E-state index contributed by atoms with van der Waals surface area (Å²) in [5.74, 6) is 2.70. The number of rotatable bonds is 0. The molecule has 0 N–H and O–H groups in total. The normalized spacial score (nSPS) is 10.9. The summed E-state index contributed by atoms with van der Waals surface area (Å²) in [5, 5.41) is 7.50. The van der Waals surface area contributed by atoms with E-state index in [1.807, 2.05) is 6.07 Å². The number of hydrogen-bond donors (Lipinski definition) is 0. The molecule has 0 spiro atoms. The SMILES string of the molecule is C#Cc1ccc2cc3cc4ccccc4cc3cc2c1. The van der Waals surface area contributed by atoms with Crippen LogP contribution in [0.15, 0.2) is 66.7 Å². The molecule has 4 aromatic rings. The smallest absolute Gasteiger partial charge is 0.0248 e. The van der Waals surface area contributed by atoms with E-state index in [9.17, 15) is 0 Å². The van der Waals surface area contributed by atoms with Crippen LogP contribution in [0.1, 0.15) is 5.56 Å². The maximum atomic E-state index is 5.48. The molecule has 0 saturated carbocycles. The van der Waals surface area contributed by atoms with E-state index in [1.54, 1.807) is 0 Å². The molecule has 0 heteroatoms. The van der Waals surface area contributed by atoms with Crippen molar-refractivity contribution < 1.29 is 0 Å². The second-order valence-electron chi connectivity index (χ2n) is 5.10. The Kier molecular flexibility index (Phi) is 2.28. The van der Waals surface area contributed by atoms with Crippen molar-refractivity contribution in [1.82, 2.24) is 0 Å². The van der Waals surface area contributed by atoms with E-state index in [-0.39, 0.29) is 0 Å². The maximum Gasteiger partial charge on any atom is 0.0248 e. The third-order valence-electron chi connectivity index (χ3n) is 3.83. The molecule has 0 bridgehead atoms. The van der Waals surface area contributed by atoms with Gasteiger partial charge in [0.25, 0.3) is 0 Å². The molecule has 0 aromatic heterocycles. The predicted octanol–water partition coefficient (Wildman–Crippen LogP) is 5.13. The first-order valence-corrected chi connectivity index (χ1v) is 6.66. The minimum atomic E-state index is 0.928. The molecule has 4 rings (SSSR count). The van der Waals surface area contributed by atoms with E-state index in [0.29, 0.717) is 0 Å². The van der Waals surface area contributed by atoms with Crippen LogP contribution >= 0.6 is 0 Å². The maximum absolute atomic E-state index is 5.48. The van der Waals surface area contributed by atoms with Crippen molar-refractivity contribution in [2.24, 2.45) is 0 Å². The molecule has 0 radical (unpaired) electrons. The van der Waals surface area contributed by atoms with Crippen molar-refractivity contribution in [3.8, 4) is 12.3 Å². The molecule has 0 atom stereocenters. The Morgan fingerprint density at radius 2 is 1.05 bits per heavy atom. The minimum Gasteiger partial charge on any atom is -0.115 e. The molecule has 0 fully saturated rings. The standard InChI is InChI=1S/C20H12/c1-2-14-7-8-17-12-19-10-15-5-3-4-6-16(15)11-20(19)13-18(17)9-14/h1,3-13H. The van der Waals surface area contributed by atoms with E-state index in [0.717, 1.165) is 5.56 Å². The summed E-state index contributed by atoms with van der Waals surface area (Å²) in [5.41, 5.74) is 0.928. The van der Waals surface area contributed by atoms with E-state index in [4.69, 9.17) is 6.42 Å². The fourth-order valence-corrected chi connectivity index (χ4v) is 2.78. The molecule has 0 saturated heterocycles. The zero-order valence-electron chi connectivity index (χ0n) is 10.9. The second kappa shape index (κ2) is 4.11. The van der Waals surface area contributed by atoms with Crippen LogP contribution < -0.4 is 0 Å². The first-order valence-electron chi connectivity index (χ1n) is 6.66. The van der Waals surface area contributed by atoms with Gasteiger partial charge in [0.15, 0.2) is 0 Å². The third-order valence-corrected chi connectivity index (χ3v) is 3.83. The van der Waals surface area contributed by atoms with Crippen molar-refractivity contribution in [3.63, 3.8) is 0 Å². The Bertz CT molecular complexity index is 1000. The summed E-state index contributed by atoms with van der Waals surface area (Å²) in [7, 11) is 0. The van der Waals surface area contributed by atoms with Crippen LogP contribution in [0.4, 0.5) is 0 Å². The minimum absolute atomic E-state index is 0.928. The molecular weight excluding hydrogens is 240 g/mol. The van der Waals surface area contributed by atoms with Gasteiger partial charge in [-0.2, -0.15) is 0 Å². The van der Waals surface area contributed by atoms with Crippen LogP contribution in [0.3, 0.4) is 0 Å². The average molecular weight is 252 g/mol.